The summed E-state index contributed by atoms with van der Waals surface area (Å²) in [4.78, 5) is 14.9. The standard InChI is InChI=1S/C24H25ClF3N5O3S/c25-17-7-9-19(10-8-17)33-22(24(26,27)28)21(16-29-33)23(34)31-18-5-4-6-20(15-18)37(35,36)30-11-14-32-12-2-1-3-13-32/h4-10,15-16,30H,1-3,11-14H2,(H,31,34). The monoisotopic (exact) mass is 555 g/mol. The zero-order chi connectivity index (χ0) is 26.6. The van der Waals surface area contributed by atoms with Crippen LogP contribution in [0.25, 0.3) is 5.69 Å². The Bertz CT molecular complexity index is 1350. The maximum Gasteiger partial charge on any atom is 0.434 e. The summed E-state index contributed by atoms with van der Waals surface area (Å²) in [6, 6.07) is 10.8. The summed E-state index contributed by atoms with van der Waals surface area (Å²) in [5.41, 5.74) is -1.89. The highest BCUT2D eigenvalue weighted by atomic mass is 35.5. The number of anilines is 1. The van der Waals surface area contributed by atoms with E-state index in [1.807, 2.05) is 0 Å². The molecule has 2 aromatic carbocycles. The van der Waals surface area contributed by atoms with E-state index in [0.29, 0.717) is 16.2 Å². The Morgan fingerprint density at radius 1 is 1.05 bits per heavy atom. The number of nitrogens with zero attached hydrogens (tertiary/aromatic N) is 3. The molecule has 1 fully saturated rings. The van der Waals surface area contributed by atoms with Crippen molar-refractivity contribution >= 4 is 33.2 Å². The summed E-state index contributed by atoms with van der Waals surface area (Å²) < 4.78 is 70.4. The summed E-state index contributed by atoms with van der Waals surface area (Å²) >= 11 is 5.82. The Labute approximate surface area is 217 Å². The van der Waals surface area contributed by atoms with Crippen molar-refractivity contribution in [1.29, 1.82) is 0 Å². The number of hydrogen-bond acceptors (Lipinski definition) is 5. The first-order valence-electron chi connectivity index (χ1n) is 11.6. The van der Waals surface area contributed by atoms with Crippen LogP contribution in [-0.2, 0) is 16.2 Å². The van der Waals surface area contributed by atoms with Crippen molar-refractivity contribution in [2.45, 2.75) is 30.3 Å². The predicted octanol–water partition coefficient (Wildman–Crippen LogP) is 4.56. The van der Waals surface area contributed by atoms with Gasteiger partial charge in [0.2, 0.25) is 10.0 Å². The number of hydrogen-bond donors (Lipinski definition) is 2. The minimum Gasteiger partial charge on any atom is -0.322 e. The van der Waals surface area contributed by atoms with Crippen molar-refractivity contribution in [2.75, 3.05) is 31.5 Å². The van der Waals surface area contributed by atoms with Gasteiger partial charge in [-0.05, 0) is 68.4 Å². The van der Waals surface area contributed by atoms with Gasteiger partial charge in [-0.1, -0.05) is 24.1 Å². The first kappa shape index (κ1) is 27.1. The molecule has 1 aromatic heterocycles. The number of amides is 1. The maximum absolute atomic E-state index is 13.9. The maximum atomic E-state index is 13.9. The topological polar surface area (TPSA) is 96.3 Å². The van der Waals surface area contributed by atoms with Gasteiger partial charge >= 0.3 is 6.18 Å². The molecule has 1 aliphatic rings. The van der Waals surface area contributed by atoms with E-state index in [1.54, 1.807) is 0 Å². The molecular formula is C24H25ClF3N5O3S. The van der Waals surface area contributed by atoms with Gasteiger partial charge in [-0.25, -0.2) is 17.8 Å². The van der Waals surface area contributed by atoms with Crippen LogP contribution in [0.3, 0.4) is 0 Å². The van der Waals surface area contributed by atoms with Gasteiger partial charge in [-0.3, -0.25) is 4.79 Å². The number of sulfonamides is 1. The van der Waals surface area contributed by atoms with Crippen LogP contribution in [0.4, 0.5) is 18.9 Å². The summed E-state index contributed by atoms with van der Waals surface area (Å²) in [5, 5.41) is 6.44. The normalized spacial score (nSPS) is 15.0. The largest absolute Gasteiger partial charge is 0.434 e. The molecule has 0 atom stereocenters. The minimum atomic E-state index is -4.90. The van der Waals surface area contributed by atoms with E-state index >= 15 is 0 Å². The average Bonchev–Trinajstić information content (AvgIpc) is 3.32. The average molecular weight is 556 g/mol. The first-order chi connectivity index (χ1) is 17.5. The second-order valence-electron chi connectivity index (χ2n) is 8.57. The Morgan fingerprint density at radius 2 is 1.76 bits per heavy atom. The lowest BCUT2D eigenvalue weighted by Gasteiger charge is -2.26. The number of alkyl halides is 3. The fraction of sp³-hybridized carbons (Fsp3) is 0.333. The van der Waals surface area contributed by atoms with E-state index < -0.39 is 33.4 Å². The second kappa shape index (κ2) is 11.2. The Balaban J connectivity index is 1.50. The number of carbonyl (C=O) groups excluding carboxylic acids is 1. The van der Waals surface area contributed by atoms with Gasteiger partial charge in [0.15, 0.2) is 5.69 Å². The Hall–Kier alpha value is -2.93. The summed E-state index contributed by atoms with van der Waals surface area (Å²) in [6.45, 7) is 2.65. The third-order valence-corrected chi connectivity index (χ3v) is 7.64. The number of piperidine rings is 1. The van der Waals surface area contributed by atoms with Gasteiger partial charge in [0.05, 0.1) is 22.3 Å². The van der Waals surface area contributed by atoms with Crippen molar-refractivity contribution in [3.8, 4) is 5.69 Å². The van der Waals surface area contributed by atoms with E-state index in [9.17, 15) is 26.4 Å². The number of rotatable bonds is 8. The minimum absolute atomic E-state index is 0.0243. The lowest BCUT2D eigenvalue weighted by Crippen LogP contribution is -2.37. The molecule has 1 amide bonds. The number of halogens is 4. The van der Waals surface area contributed by atoms with Gasteiger partial charge in [0, 0.05) is 23.8 Å². The zero-order valence-electron chi connectivity index (χ0n) is 19.6. The fourth-order valence-corrected chi connectivity index (χ4v) is 5.30. The van der Waals surface area contributed by atoms with Crippen LogP contribution in [0.5, 0.6) is 0 Å². The van der Waals surface area contributed by atoms with E-state index in [0.717, 1.165) is 32.1 Å². The van der Waals surface area contributed by atoms with Gasteiger partial charge in [0.1, 0.15) is 0 Å². The summed E-state index contributed by atoms with van der Waals surface area (Å²) in [5.74, 6) is -1.08. The van der Waals surface area contributed by atoms with E-state index in [4.69, 9.17) is 11.6 Å². The molecule has 2 heterocycles. The lowest BCUT2D eigenvalue weighted by atomic mass is 10.1. The molecular weight excluding hydrogens is 531 g/mol. The number of carbonyl (C=O) groups is 1. The highest BCUT2D eigenvalue weighted by Gasteiger charge is 2.40. The van der Waals surface area contributed by atoms with Gasteiger partial charge < -0.3 is 10.2 Å². The third-order valence-electron chi connectivity index (χ3n) is 5.92. The second-order valence-corrected chi connectivity index (χ2v) is 10.8. The van der Waals surface area contributed by atoms with Crippen molar-refractivity contribution in [2.24, 2.45) is 0 Å². The van der Waals surface area contributed by atoms with Crippen molar-refractivity contribution in [1.82, 2.24) is 19.4 Å². The van der Waals surface area contributed by atoms with Crippen molar-refractivity contribution in [3.05, 3.63) is 71.0 Å². The summed E-state index contributed by atoms with van der Waals surface area (Å²) in [7, 11) is -3.89. The van der Waals surface area contributed by atoms with Crippen LogP contribution < -0.4 is 10.0 Å². The van der Waals surface area contributed by atoms with Crippen LogP contribution in [-0.4, -0.2) is 55.2 Å². The highest BCUT2D eigenvalue weighted by molar-refractivity contribution is 7.89. The third kappa shape index (κ3) is 6.69. The quantitative estimate of drug-likeness (QED) is 0.425. The van der Waals surface area contributed by atoms with Crippen LogP contribution in [0.15, 0.2) is 59.6 Å². The Morgan fingerprint density at radius 3 is 2.43 bits per heavy atom. The van der Waals surface area contributed by atoms with Crippen LogP contribution in [0, 0.1) is 0 Å². The Kier molecular flexibility index (Phi) is 8.22. The molecule has 0 spiro atoms. The van der Waals surface area contributed by atoms with Gasteiger partial charge in [-0.2, -0.15) is 18.3 Å². The molecule has 13 heteroatoms. The lowest BCUT2D eigenvalue weighted by molar-refractivity contribution is -0.143. The van der Waals surface area contributed by atoms with Crippen LogP contribution in [0.2, 0.25) is 5.02 Å². The molecule has 0 bridgehead atoms. The predicted molar refractivity (Wildman–Crippen MR) is 133 cm³/mol. The molecule has 2 N–H and O–H groups in total. The fourth-order valence-electron chi connectivity index (χ4n) is 4.11. The zero-order valence-corrected chi connectivity index (χ0v) is 21.2. The number of aromatic nitrogens is 2. The van der Waals surface area contributed by atoms with Gasteiger partial charge in [0.25, 0.3) is 5.91 Å². The molecule has 198 valence electrons. The molecule has 3 aromatic rings. The molecule has 4 rings (SSSR count). The molecule has 0 radical (unpaired) electrons. The van der Waals surface area contributed by atoms with E-state index in [-0.39, 0.29) is 22.8 Å². The molecule has 0 aliphatic carbocycles. The number of likely N-dealkylation sites (tertiary alicyclic amines) is 1. The summed E-state index contributed by atoms with van der Waals surface area (Å²) in [6.07, 6.45) is -0.735. The van der Waals surface area contributed by atoms with Crippen molar-refractivity contribution < 1.29 is 26.4 Å². The molecule has 37 heavy (non-hydrogen) atoms. The van der Waals surface area contributed by atoms with Crippen LogP contribution >= 0.6 is 11.6 Å². The van der Waals surface area contributed by atoms with E-state index in [1.165, 1.54) is 55.0 Å². The molecule has 8 nitrogen and oxygen atoms in total. The van der Waals surface area contributed by atoms with E-state index in [2.05, 4.69) is 20.0 Å². The molecule has 1 aliphatic heterocycles. The van der Waals surface area contributed by atoms with Crippen LogP contribution in [0.1, 0.15) is 35.3 Å². The van der Waals surface area contributed by atoms with Gasteiger partial charge in [-0.15, -0.1) is 0 Å². The molecule has 0 unspecified atom stereocenters. The number of nitrogens with one attached hydrogen (secondary N) is 2. The van der Waals surface area contributed by atoms with Crippen molar-refractivity contribution in [3.63, 3.8) is 0 Å². The number of benzene rings is 2. The molecule has 0 saturated carbocycles. The molecule has 1 saturated heterocycles. The smallest absolute Gasteiger partial charge is 0.322 e. The highest BCUT2D eigenvalue weighted by Crippen LogP contribution is 2.34. The first-order valence-corrected chi connectivity index (χ1v) is 13.5. The SMILES string of the molecule is O=C(Nc1cccc(S(=O)(=O)NCCN2CCCCC2)c1)c1cnn(-c2ccc(Cl)cc2)c1C(F)(F)F.